The van der Waals surface area contributed by atoms with Crippen LogP contribution < -0.4 is 10.5 Å². The lowest BCUT2D eigenvalue weighted by molar-refractivity contribution is 0.406. The average molecular weight is 216 g/mol. The minimum Gasteiger partial charge on any atom is -0.506 e. The number of rotatable bonds is 3. The van der Waals surface area contributed by atoms with Crippen molar-refractivity contribution in [2.75, 3.05) is 13.7 Å². The molecule has 0 spiro atoms. The highest BCUT2D eigenvalue weighted by molar-refractivity contribution is 6.33. The Balaban J connectivity index is 3.16. The molecule has 1 atom stereocenters. The summed E-state index contributed by atoms with van der Waals surface area (Å²) in [4.78, 5) is 0. The van der Waals surface area contributed by atoms with Crippen LogP contribution in [0.1, 0.15) is 18.4 Å². The van der Waals surface area contributed by atoms with Crippen LogP contribution in [0.5, 0.6) is 11.5 Å². The third-order valence-electron chi connectivity index (χ3n) is 2.18. The third kappa shape index (κ3) is 2.11. The fraction of sp³-hybridized carbons (Fsp3) is 0.400. The molecule has 0 bridgehead atoms. The van der Waals surface area contributed by atoms with Crippen LogP contribution in [0.2, 0.25) is 5.02 Å². The zero-order chi connectivity index (χ0) is 10.7. The highest BCUT2D eigenvalue weighted by atomic mass is 35.5. The van der Waals surface area contributed by atoms with Crippen LogP contribution in [-0.2, 0) is 0 Å². The topological polar surface area (TPSA) is 55.5 Å². The number of benzene rings is 1. The number of aromatic hydroxyl groups is 1. The highest BCUT2D eigenvalue weighted by Crippen LogP contribution is 2.36. The van der Waals surface area contributed by atoms with E-state index in [4.69, 9.17) is 22.1 Å². The van der Waals surface area contributed by atoms with Gasteiger partial charge in [0.15, 0.2) is 0 Å². The van der Waals surface area contributed by atoms with Gasteiger partial charge in [0.05, 0.1) is 7.11 Å². The van der Waals surface area contributed by atoms with E-state index in [2.05, 4.69) is 0 Å². The lowest BCUT2D eigenvalue weighted by atomic mass is 10.0. The van der Waals surface area contributed by atoms with Gasteiger partial charge in [-0.05, 0) is 30.2 Å². The standard InChI is InChI=1S/C10H14ClNO2/c1-6(5-12)7-3-8(13)10(11)9(4-7)14-2/h3-4,6,13H,5,12H2,1-2H3. The van der Waals surface area contributed by atoms with E-state index >= 15 is 0 Å². The van der Waals surface area contributed by atoms with Crippen molar-refractivity contribution in [3.05, 3.63) is 22.7 Å². The van der Waals surface area contributed by atoms with Crippen molar-refractivity contribution in [3.63, 3.8) is 0 Å². The Morgan fingerprint density at radius 3 is 2.71 bits per heavy atom. The molecule has 1 unspecified atom stereocenters. The zero-order valence-electron chi connectivity index (χ0n) is 8.25. The molecule has 0 aromatic heterocycles. The second-order valence-electron chi connectivity index (χ2n) is 3.19. The highest BCUT2D eigenvalue weighted by Gasteiger charge is 2.11. The second kappa shape index (κ2) is 4.53. The molecule has 0 amide bonds. The fourth-order valence-electron chi connectivity index (χ4n) is 1.17. The number of halogens is 1. The Morgan fingerprint density at radius 1 is 1.57 bits per heavy atom. The summed E-state index contributed by atoms with van der Waals surface area (Å²) in [5, 5.41) is 9.74. The van der Waals surface area contributed by atoms with Gasteiger partial charge in [-0.1, -0.05) is 18.5 Å². The maximum absolute atomic E-state index is 9.50. The van der Waals surface area contributed by atoms with E-state index < -0.39 is 0 Å². The molecule has 0 heterocycles. The van der Waals surface area contributed by atoms with Crippen molar-refractivity contribution in [3.8, 4) is 11.5 Å². The second-order valence-corrected chi connectivity index (χ2v) is 3.57. The first-order valence-electron chi connectivity index (χ1n) is 4.36. The summed E-state index contributed by atoms with van der Waals surface area (Å²) in [7, 11) is 1.51. The van der Waals surface area contributed by atoms with E-state index in [1.54, 1.807) is 12.1 Å². The Labute approximate surface area is 88.4 Å². The van der Waals surface area contributed by atoms with E-state index in [-0.39, 0.29) is 16.7 Å². The molecule has 0 saturated carbocycles. The van der Waals surface area contributed by atoms with Crippen LogP contribution in [0.25, 0.3) is 0 Å². The smallest absolute Gasteiger partial charge is 0.141 e. The predicted octanol–water partition coefficient (Wildman–Crippen LogP) is 2.12. The molecule has 0 radical (unpaired) electrons. The zero-order valence-corrected chi connectivity index (χ0v) is 9.01. The average Bonchev–Trinajstić information content (AvgIpc) is 2.20. The molecule has 0 fully saturated rings. The Morgan fingerprint density at radius 2 is 2.21 bits per heavy atom. The van der Waals surface area contributed by atoms with Crippen molar-refractivity contribution in [1.29, 1.82) is 0 Å². The summed E-state index contributed by atoms with van der Waals surface area (Å²) >= 11 is 5.81. The van der Waals surface area contributed by atoms with Gasteiger partial charge in [-0.15, -0.1) is 0 Å². The molecule has 0 aliphatic heterocycles. The number of methoxy groups -OCH3 is 1. The van der Waals surface area contributed by atoms with Crippen LogP contribution in [0.15, 0.2) is 12.1 Å². The molecule has 1 rings (SSSR count). The number of ether oxygens (including phenoxy) is 1. The molecule has 0 aliphatic rings. The first-order chi connectivity index (χ1) is 6.60. The van der Waals surface area contributed by atoms with E-state index in [0.717, 1.165) is 5.56 Å². The Hall–Kier alpha value is -0.930. The van der Waals surface area contributed by atoms with Gasteiger partial charge in [-0.2, -0.15) is 0 Å². The molecule has 4 heteroatoms. The monoisotopic (exact) mass is 215 g/mol. The van der Waals surface area contributed by atoms with Gasteiger partial charge < -0.3 is 15.6 Å². The number of phenolic OH excluding ortho intramolecular Hbond substituents is 1. The maximum atomic E-state index is 9.50. The van der Waals surface area contributed by atoms with E-state index in [0.29, 0.717) is 12.3 Å². The SMILES string of the molecule is COc1cc(C(C)CN)cc(O)c1Cl. The molecule has 14 heavy (non-hydrogen) atoms. The van der Waals surface area contributed by atoms with Crippen LogP contribution >= 0.6 is 11.6 Å². The first kappa shape index (κ1) is 11.1. The fourth-order valence-corrected chi connectivity index (χ4v) is 1.36. The van der Waals surface area contributed by atoms with E-state index in [9.17, 15) is 5.11 Å². The Bertz CT molecular complexity index is 328. The van der Waals surface area contributed by atoms with Crippen LogP contribution in [-0.4, -0.2) is 18.8 Å². The molecular weight excluding hydrogens is 202 g/mol. The Kier molecular flexibility index (Phi) is 3.61. The van der Waals surface area contributed by atoms with Crippen molar-refractivity contribution < 1.29 is 9.84 Å². The quantitative estimate of drug-likeness (QED) is 0.812. The van der Waals surface area contributed by atoms with Gasteiger partial charge in [-0.25, -0.2) is 0 Å². The molecular formula is C10H14ClNO2. The van der Waals surface area contributed by atoms with E-state index in [1.165, 1.54) is 7.11 Å². The van der Waals surface area contributed by atoms with Crippen molar-refractivity contribution >= 4 is 11.6 Å². The first-order valence-corrected chi connectivity index (χ1v) is 4.74. The number of hydrogen-bond donors (Lipinski definition) is 2. The van der Waals surface area contributed by atoms with Crippen molar-refractivity contribution in [1.82, 2.24) is 0 Å². The lowest BCUT2D eigenvalue weighted by Gasteiger charge is -2.12. The largest absolute Gasteiger partial charge is 0.506 e. The molecule has 1 aromatic rings. The molecule has 0 aliphatic carbocycles. The van der Waals surface area contributed by atoms with Gasteiger partial charge in [-0.3, -0.25) is 0 Å². The minimum atomic E-state index is 0.0290. The number of nitrogens with two attached hydrogens (primary N) is 1. The lowest BCUT2D eigenvalue weighted by Crippen LogP contribution is -2.08. The van der Waals surface area contributed by atoms with Gasteiger partial charge >= 0.3 is 0 Å². The number of hydrogen-bond acceptors (Lipinski definition) is 3. The summed E-state index contributed by atoms with van der Waals surface area (Å²) < 4.78 is 5.03. The normalized spacial score (nSPS) is 12.6. The summed E-state index contributed by atoms with van der Waals surface area (Å²) in [6.45, 7) is 2.49. The van der Waals surface area contributed by atoms with Crippen LogP contribution in [0.3, 0.4) is 0 Å². The van der Waals surface area contributed by atoms with Gasteiger partial charge in [0.25, 0.3) is 0 Å². The van der Waals surface area contributed by atoms with Gasteiger partial charge in [0.2, 0.25) is 0 Å². The van der Waals surface area contributed by atoms with Crippen molar-refractivity contribution in [2.45, 2.75) is 12.8 Å². The molecule has 3 nitrogen and oxygen atoms in total. The molecule has 3 N–H and O–H groups in total. The van der Waals surface area contributed by atoms with Crippen LogP contribution in [0, 0.1) is 0 Å². The predicted molar refractivity (Wildman–Crippen MR) is 57.1 cm³/mol. The summed E-state index contributed by atoms with van der Waals surface area (Å²) in [5.74, 6) is 0.676. The molecule has 78 valence electrons. The van der Waals surface area contributed by atoms with Gasteiger partial charge in [0, 0.05) is 0 Å². The molecule has 1 aromatic carbocycles. The number of phenols is 1. The molecule has 0 saturated heterocycles. The van der Waals surface area contributed by atoms with Crippen LogP contribution in [0.4, 0.5) is 0 Å². The summed E-state index contributed by atoms with van der Waals surface area (Å²) in [6, 6.07) is 3.40. The van der Waals surface area contributed by atoms with Crippen molar-refractivity contribution in [2.24, 2.45) is 5.73 Å². The minimum absolute atomic E-state index is 0.0290. The van der Waals surface area contributed by atoms with E-state index in [1.807, 2.05) is 6.92 Å². The van der Waals surface area contributed by atoms with Gasteiger partial charge in [0.1, 0.15) is 16.5 Å². The maximum Gasteiger partial charge on any atom is 0.141 e. The summed E-state index contributed by atoms with van der Waals surface area (Å²) in [5.41, 5.74) is 6.45. The third-order valence-corrected chi connectivity index (χ3v) is 2.56. The summed E-state index contributed by atoms with van der Waals surface area (Å²) in [6.07, 6.45) is 0.